The predicted molar refractivity (Wildman–Crippen MR) is 95.3 cm³/mol. The molecule has 0 unspecified atom stereocenters. The first-order chi connectivity index (χ1) is 11.6. The van der Waals surface area contributed by atoms with E-state index in [9.17, 15) is 4.79 Å². The Morgan fingerprint density at radius 3 is 2.79 bits per heavy atom. The molecule has 0 atom stereocenters. The van der Waals surface area contributed by atoms with Crippen LogP contribution in [0, 0.1) is 6.92 Å². The highest BCUT2D eigenvalue weighted by Crippen LogP contribution is 2.25. The number of amides is 1. The van der Waals surface area contributed by atoms with Crippen LogP contribution in [0.15, 0.2) is 39.3 Å². The van der Waals surface area contributed by atoms with Gasteiger partial charge in [-0.25, -0.2) is 4.98 Å². The lowest BCUT2D eigenvalue weighted by atomic mass is 10.1. The maximum atomic E-state index is 12.0. The standard InChI is InChI=1S/C16H16N4O2S2/c1-3-14-19-20-16(22-14)24-9-13(21)18-15-17-12(8-23-15)11-6-4-10(2)5-7-11/h4-8H,3,9H2,1-2H3,(H,17,18,21). The summed E-state index contributed by atoms with van der Waals surface area (Å²) in [6, 6.07) is 8.12. The van der Waals surface area contributed by atoms with Crippen molar-refractivity contribution in [3.05, 3.63) is 41.1 Å². The Hall–Kier alpha value is -2.19. The largest absolute Gasteiger partial charge is 0.416 e. The molecule has 3 aromatic rings. The number of anilines is 1. The summed E-state index contributed by atoms with van der Waals surface area (Å²) in [4.78, 5) is 16.4. The number of nitrogens with zero attached hydrogens (tertiary/aromatic N) is 3. The Morgan fingerprint density at radius 1 is 1.29 bits per heavy atom. The van der Waals surface area contributed by atoms with Gasteiger partial charge in [0.05, 0.1) is 11.4 Å². The molecule has 1 aromatic carbocycles. The van der Waals surface area contributed by atoms with E-state index >= 15 is 0 Å². The number of benzene rings is 1. The number of carbonyl (C=O) groups excluding carboxylic acids is 1. The molecular weight excluding hydrogens is 344 g/mol. The van der Waals surface area contributed by atoms with Gasteiger partial charge in [0.1, 0.15) is 0 Å². The van der Waals surface area contributed by atoms with Gasteiger partial charge in [-0.15, -0.1) is 21.5 Å². The monoisotopic (exact) mass is 360 g/mol. The maximum absolute atomic E-state index is 12.0. The molecule has 0 radical (unpaired) electrons. The van der Waals surface area contributed by atoms with Crippen LogP contribution < -0.4 is 5.32 Å². The SMILES string of the molecule is CCc1nnc(SCC(=O)Nc2nc(-c3ccc(C)cc3)cs2)o1. The maximum Gasteiger partial charge on any atom is 0.277 e. The Bertz CT molecular complexity index is 827. The smallest absolute Gasteiger partial charge is 0.277 e. The minimum Gasteiger partial charge on any atom is -0.416 e. The molecule has 1 N–H and O–H groups in total. The van der Waals surface area contributed by atoms with Crippen LogP contribution in [0.1, 0.15) is 18.4 Å². The summed E-state index contributed by atoms with van der Waals surface area (Å²) < 4.78 is 5.35. The van der Waals surface area contributed by atoms with Crippen molar-refractivity contribution in [1.29, 1.82) is 0 Å². The average Bonchev–Trinajstić information content (AvgIpc) is 3.23. The van der Waals surface area contributed by atoms with Gasteiger partial charge in [-0.3, -0.25) is 4.79 Å². The van der Waals surface area contributed by atoms with Crippen LogP contribution in [-0.2, 0) is 11.2 Å². The lowest BCUT2D eigenvalue weighted by molar-refractivity contribution is -0.113. The summed E-state index contributed by atoms with van der Waals surface area (Å²) in [6.45, 7) is 3.98. The summed E-state index contributed by atoms with van der Waals surface area (Å²) >= 11 is 2.62. The highest BCUT2D eigenvalue weighted by atomic mass is 32.2. The highest BCUT2D eigenvalue weighted by Gasteiger charge is 2.11. The Morgan fingerprint density at radius 2 is 2.08 bits per heavy atom. The number of aryl methyl sites for hydroxylation is 2. The van der Waals surface area contributed by atoms with E-state index in [1.54, 1.807) is 0 Å². The Balaban J connectivity index is 1.56. The summed E-state index contributed by atoms with van der Waals surface area (Å²) in [5.41, 5.74) is 3.09. The van der Waals surface area contributed by atoms with Gasteiger partial charge in [-0.05, 0) is 6.92 Å². The molecule has 0 saturated carbocycles. The van der Waals surface area contributed by atoms with E-state index in [2.05, 4.69) is 20.5 Å². The van der Waals surface area contributed by atoms with Gasteiger partial charge in [0, 0.05) is 17.4 Å². The van der Waals surface area contributed by atoms with E-state index in [0.29, 0.717) is 22.7 Å². The van der Waals surface area contributed by atoms with Gasteiger partial charge in [0.2, 0.25) is 11.8 Å². The van der Waals surface area contributed by atoms with Crippen LogP contribution in [-0.4, -0.2) is 26.8 Å². The topological polar surface area (TPSA) is 80.9 Å². The molecule has 0 bridgehead atoms. The van der Waals surface area contributed by atoms with Gasteiger partial charge in [0.15, 0.2) is 5.13 Å². The van der Waals surface area contributed by atoms with Crippen LogP contribution in [0.4, 0.5) is 5.13 Å². The van der Waals surface area contributed by atoms with Crippen LogP contribution >= 0.6 is 23.1 Å². The number of aromatic nitrogens is 3. The molecule has 0 spiro atoms. The van der Waals surface area contributed by atoms with Gasteiger partial charge in [0.25, 0.3) is 5.22 Å². The lowest BCUT2D eigenvalue weighted by Crippen LogP contribution is -2.13. The summed E-state index contributed by atoms with van der Waals surface area (Å²) in [7, 11) is 0. The van der Waals surface area contributed by atoms with Gasteiger partial charge < -0.3 is 9.73 Å². The molecule has 1 amide bonds. The predicted octanol–water partition coefficient (Wildman–Crippen LogP) is 3.79. The minimum atomic E-state index is -0.152. The molecular formula is C16H16N4O2S2. The molecule has 8 heteroatoms. The molecule has 124 valence electrons. The van der Waals surface area contributed by atoms with Gasteiger partial charge in [-0.1, -0.05) is 48.5 Å². The first-order valence-corrected chi connectivity index (χ1v) is 9.28. The molecule has 2 aromatic heterocycles. The summed E-state index contributed by atoms with van der Waals surface area (Å²) in [5, 5.41) is 13.4. The van der Waals surface area contributed by atoms with E-state index in [1.165, 1.54) is 28.7 Å². The van der Waals surface area contributed by atoms with Crippen LogP contribution in [0.5, 0.6) is 0 Å². The van der Waals surface area contributed by atoms with E-state index in [1.807, 2.05) is 43.5 Å². The average molecular weight is 360 g/mol. The molecule has 0 aliphatic rings. The fourth-order valence-corrected chi connectivity index (χ4v) is 3.23. The van der Waals surface area contributed by atoms with E-state index in [4.69, 9.17) is 4.42 Å². The second-order valence-electron chi connectivity index (χ2n) is 5.06. The number of rotatable bonds is 6. The zero-order chi connectivity index (χ0) is 16.9. The van der Waals surface area contributed by atoms with Crippen LogP contribution in [0.25, 0.3) is 11.3 Å². The van der Waals surface area contributed by atoms with Crippen LogP contribution in [0.2, 0.25) is 0 Å². The third-order valence-corrected chi connectivity index (χ3v) is 4.75. The van der Waals surface area contributed by atoms with Crippen molar-refractivity contribution in [2.24, 2.45) is 0 Å². The number of hydrogen-bond acceptors (Lipinski definition) is 7. The van der Waals surface area contributed by atoms with E-state index in [0.717, 1.165) is 11.3 Å². The molecule has 0 aliphatic carbocycles. The zero-order valence-electron chi connectivity index (χ0n) is 13.3. The second kappa shape index (κ2) is 7.59. The molecule has 3 rings (SSSR count). The minimum absolute atomic E-state index is 0.152. The third-order valence-electron chi connectivity index (χ3n) is 3.18. The van der Waals surface area contributed by atoms with Crippen LogP contribution in [0.3, 0.4) is 0 Å². The van der Waals surface area contributed by atoms with Crippen molar-refractivity contribution in [3.63, 3.8) is 0 Å². The molecule has 24 heavy (non-hydrogen) atoms. The first-order valence-electron chi connectivity index (χ1n) is 7.41. The first kappa shape index (κ1) is 16.7. The van der Waals surface area contributed by atoms with Crippen molar-refractivity contribution in [2.75, 3.05) is 11.1 Å². The normalized spacial score (nSPS) is 10.8. The van der Waals surface area contributed by atoms with Crippen molar-refractivity contribution < 1.29 is 9.21 Å². The summed E-state index contributed by atoms with van der Waals surface area (Å²) in [6.07, 6.45) is 0.681. The quantitative estimate of drug-likeness (QED) is 0.674. The fraction of sp³-hybridized carbons (Fsp3) is 0.250. The lowest BCUT2D eigenvalue weighted by Gasteiger charge is -2.00. The number of thiazole rings is 1. The van der Waals surface area contributed by atoms with E-state index in [-0.39, 0.29) is 11.7 Å². The van der Waals surface area contributed by atoms with Crippen molar-refractivity contribution in [2.45, 2.75) is 25.5 Å². The number of thioether (sulfide) groups is 1. The van der Waals surface area contributed by atoms with Gasteiger partial charge in [-0.2, -0.15) is 0 Å². The third kappa shape index (κ3) is 4.21. The zero-order valence-corrected chi connectivity index (χ0v) is 14.9. The van der Waals surface area contributed by atoms with Crippen molar-refractivity contribution >= 4 is 34.1 Å². The molecule has 2 heterocycles. The Labute approximate surface area is 147 Å². The van der Waals surface area contributed by atoms with E-state index < -0.39 is 0 Å². The second-order valence-corrected chi connectivity index (χ2v) is 6.84. The van der Waals surface area contributed by atoms with Crippen molar-refractivity contribution in [1.82, 2.24) is 15.2 Å². The number of nitrogens with one attached hydrogen (secondary N) is 1. The van der Waals surface area contributed by atoms with Crippen molar-refractivity contribution in [3.8, 4) is 11.3 Å². The molecule has 0 fully saturated rings. The Kier molecular flexibility index (Phi) is 5.27. The summed E-state index contributed by atoms with van der Waals surface area (Å²) in [5.74, 6) is 0.617. The highest BCUT2D eigenvalue weighted by molar-refractivity contribution is 7.99. The molecule has 0 saturated heterocycles. The molecule has 0 aliphatic heterocycles. The number of hydrogen-bond donors (Lipinski definition) is 1. The fourth-order valence-electron chi connectivity index (χ4n) is 1.91. The molecule has 6 nitrogen and oxygen atoms in total. The van der Waals surface area contributed by atoms with Gasteiger partial charge >= 0.3 is 0 Å². The number of carbonyl (C=O) groups is 1.